The molecule has 1 saturated carbocycles. The van der Waals surface area contributed by atoms with E-state index in [1.54, 1.807) is 0 Å². The van der Waals surface area contributed by atoms with E-state index in [1.165, 1.54) is 6.07 Å². The number of ether oxygens (including phenoxy) is 2. The van der Waals surface area contributed by atoms with Crippen LogP contribution in [0.5, 0.6) is 17.2 Å². The molecule has 0 amide bonds. The molecule has 1 aromatic rings. The molecule has 0 aromatic heterocycles. The molecule has 4 bridgehead atoms. The summed E-state index contributed by atoms with van der Waals surface area (Å²) in [5.74, 6) is -1.08. The Morgan fingerprint density at radius 3 is 2.18 bits per heavy atom. The summed E-state index contributed by atoms with van der Waals surface area (Å²) < 4.78 is 13.8. The number of hydrogen-bond donors (Lipinski definition) is 2. The molecular weight excluding hydrogens is 492 g/mol. The number of carbonyl (C=O) groups is 2. The minimum Gasteiger partial charge on any atom is -0.507 e. The van der Waals surface area contributed by atoms with Crippen LogP contribution in [0.1, 0.15) is 90.6 Å². The highest BCUT2D eigenvalue weighted by Gasteiger charge is 2.83. The fourth-order valence-electron chi connectivity index (χ4n) is 7.25. The average molecular weight is 533 g/mol. The van der Waals surface area contributed by atoms with Gasteiger partial charge in [0.1, 0.15) is 22.8 Å². The average Bonchev–Trinajstić information content (AvgIpc) is 2.98. The first kappa shape index (κ1) is 27.4. The van der Waals surface area contributed by atoms with Gasteiger partial charge in [-0.05, 0) is 74.7 Å². The summed E-state index contributed by atoms with van der Waals surface area (Å²) in [7, 11) is 0. The van der Waals surface area contributed by atoms with Crippen molar-refractivity contribution in [2.45, 2.75) is 97.9 Å². The van der Waals surface area contributed by atoms with Crippen LogP contribution in [0.4, 0.5) is 0 Å². The molecule has 4 atom stereocenters. The topological polar surface area (TPSA) is 93.1 Å². The SMILES string of the molecule is CC(C)=CCc1c(O)cc(O)c2c1O[C@]13C(=CC4(CC=C(C)C)CC1C(C)(C)O[C@@]3(CC=C(C)C)C4=O)C2=O. The number of phenolic OH excluding ortho intramolecular Hbond substituents is 2. The van der Waals surface area contributed by atoms with E-state index in [1.807, 2.05) is 73.6 Å². The summed E-state index contributed by atoms with van der Waals surface area (Å²) in [6, 6.07) is 1.21. The molecule has 6 heteroatoms. The molecule has 1 spiro atoms. The lowest BCUT2D eigenvalue weighted by Crippen LogP contribution is -2.74. The zero-order valence-corrected chi connectivity index (χ0v) is 24.3. The number of phenols is 2. The van der Waals surface area contributed by atoms with Gasteiger partial charge in [0.2, 0.25) is 0 Å². The van der Waals surface area contributed by atoms with Gasteiger partial charge >= 0.3 is 0 Å². The van der Waals surface area contributed by atoms with Crippen molar-refractivity contribution in [3.63, 3.8) is 0 Å². The van der Waals surface area contributed by atoms with Crippen LogP contribution in [0.3, 0.4) is 0 Å². The second-order valence-corrected chi connectivity index (χ2v) is 13.1. The van der Waals surface area contributed by atoms with Crippen molar-refractivity contribution in [3.05, 3.63) is 63.8 Å². The number of ketones is 2. The standard InChI is InChI=1S/C33H40O6/c1-18(2)9-10-21-23(34)15-24(35)26-27(36)22-16-31(13-11-19(3)4)17-25-30(7,8)39-32(29(31)37,14-12-20(5)6)33(22,25)38-28(21)26/h9,11-12,15-16,25,34-35H,10,13-14,17H2,1-8H3/t25?,31?,32-,33+/m0/s1. The van der Waals surface area contributed by atoms with Gasteiger partial charge in [0.25, 0.3) is 0 Å². The normalized spacial score (nSPS) is 31.1. The molecular formula is C33H40O6. The number of aromatic hydroxyl groups is 2. The zero-order chi connectivity index (χ0) is 28.7. The minimum atomic E-state index is -1.43. The van der Waals surface area contributed by atoms with Crippen LogP contribution in [0.25, 0.3) is 0 Å². The first-order chi connectivity index (χ1) is 18.1. The maximum atomic E-state index is 14.8. The first-order valence-corrected chi connectivity index (χ1v) is 13.8. The Hall–Kier alpha value is -3.12. The van der Waals surface area contributed by atoms with Gasteiger partial charge in [0, 0.05) is 29.5 Å². The van der Waals surface area contributed by atoms with E-state index in [0.29, 0.717) is 30.4 Å². The molecule has 3 aliphatic carbocycles. The van der Waals surface area contributed by atoms with E-state index >= 15 is 0 Å². The molecule has 2 heterocycles. The molecule has 39 heavy (non-hydrogen) atoms. The van der Waals surface area contributed by atoms with Crippen LogP contribution in [-0.2, 0) is 16.0 Å². The number of carbonyl (C=O) groups excluding carboxylic acids is 2. The van der Waals surface area contributed by atoms with Crippen molar-refractivity contribution in [1.29, 1.82) is 0 Å². The lowest BCUT2D eigenvalue weighted by atomic mass is 9.45. The van der Waals surface area contributed by atoms with E-state index in [4.69, 9.17) is 9.47 Å². The molecule has 5 aliphatic rings. The van der Waals surface area contributed by atoms with Gasteiger partial charge < -0.3 is 19.7 Å². The van der Waals surface area contributed by atoms with E-state index in [9.17, 15) is 19.8 Å². The lowest BCUT2D eigenvalue weighted by molar-refractivity contribution is -0.178. The van der Waals surface area contributed by atoms with Crippen LogP contribution in [0, 0.1) is 11.3 Å². The molecule has 2 N–H and O–H groups in total. The Kier molecular flexibility index (Phi) is 6.12. The highest BCUT2D eigenvalue weighted by atomic mass is 16.6. The smallest absolute Gasteiger partial charge is 0.200 e. The van der Waals surface area contributed by atoms with Crippen LogP contribution >= 0.6 is 0 Å². The summed E-state index contributed by atoms with van der Waals surface area (Å²) in [5.41, 5.74) is -0.498. The number of allylic oxidation sites excluding steroid dienone is 6. The number of Topliss-reactive ketones (excluding diaryl/α,β-unsaturated/α-hetero) is 2. The summed E-state index contributed by atoms with van der Waals surface area (Å²) in [6.07, 6.45) is 9.34. The molecule has 2 fully saturated rings. The number of rotatable bonds is 6. The maximum absolute atomic E-state index is 14.8. The molecule has 2 aliphatic heterocycles. The predicted molar refractivity (Wildman–Crippen MR) is 150 cm³/mol. The third kappa shape index (κ3) is 3.63. The third-order valence-electron chi connectivity index (χ3n) is 9.04. The van der Waals surface area contributed by atoms with Gasteiger partial charge in [0.15, 0.2) is 22.8 Å². The Balaban J connectivity index is 1.86. The van der Waals surface area contributed by atoms with Crippen molar-refractivity contribution in [1.82, 2.24) is 0 Å². The lowest BCUT2D eigenvalue weighted by Gasteiger charge is -2.59. The summed E-state index contributed by atoms with van der Waals surface area (Å²) in [5, 5.41) is 21.8. The van der Waals surface area contributed by atoms with E-state index < -0.39 is 22.2 Å². The van der Waals surface area contributed by atoms with Crippen LogP contribution < -0.4 is 4.74 Å². The first-order valence-electron chi connectivity index (χ1n) is 13.8. The summed E-state index contributed by atoms with van der Waals surface area (Å²) >= 11 is 0. The van der Waals surface area contributed by atoms with Gasteiger partial charge in [-0.3, -0.25) is 9.59 Å². The Labute approximate surface area is 231 Å². The van der Waals surface area contributed by atoms with Gasteiger partial charge in [-0.2, -0.15) is 0 Å². The number of fused-ring (bicyclic) bond motifs is 1. The third-order valence-corrected chi connectivity index (χ3v) is 9.04. The molecule has 1 aromatic carbocycles. The number of hydrogen-bond acceptors (Lipinski definition) is 6. The molecule has 1 saturated heterocycles. The van der Waals surface area contributed by atoms with Gasteiger partial charge in [-0.25, -0.2) is 0 Å². The summed E-state index contributed by atoms with van der Waals surface area (Å²) in [4.78, 5) is 29.2. The Morgan fingerprint density at radius 2 is 1.56 bits per heavy atom. The van der Waals surface area contributed by atoms with Crippen LogP contribution in [0.2, 0.25) is 0 Å². The van der Waals surface area contributed by atoms with Crippen molar-refractivity contribution >= 4 is 11.6 Å². The fourth-order valence-corrected chi connectivity index (χ4v) is 7.25. The highest BCUT2D eigenvalue weighted by molar-refractivity contribution is 6.19. The molecule has 6 nitrogen and oxygen atoms in total. The van der Waals surface area contributed by atoms with Crippen LogP contribution in [-0.4, -0.2) is 38.6 Å². The quantitative estimate of drug-likeness (QED) is 0.396. The maximum Gasteiger partial charge on any atom is 0.200 e. The van der Waals surface area contributed by atoms with Crippen molar-refractivity contribution in [2.24, 2.45) is 11.3 Å². The number of benzene rings is 1. The Morgan fingerprint density at radius 1 is 0.949 bits per heavy atom. The fraction of sp³-hybridized carbons (Fsp3) is 0.515. The van der Waals surface area contributed by atoms with E-state index in [2.05, 4.69) is 6.08 Å². The Bertz CT molecular complexity index is 1410. The van der Waals surface area contributed by atoms with Gasteiger partial charge in [-0.15, -0.1) is 0 Å². The highest BCUT2D eigenvalue weighted by Crippen LogP contribution is 2.71. The van der Waals surface area contributed by atoms with E-state index in [-0.39, 0.29) is 46.7 Å². The second kappa shape index (κ2) is 8.69. The van der Waals surface area contributed by atoms with Gasteiger partial charge in [-0.1, -0.05) is 41.0 Å². The largest absolute Gasteiger partial charge is 0.507 e. The minimum absolute atomic E-state index is 0.0359. The summed E-state index contributed by atoms with van der Waals surface area (Å²) in [6.45, 7) is 15.8. The molecule has 208 valence electrons. The van der Waals surface area contributed by atoms with Crippen molar-refractivity contribution in [3.8, 4) is 17.2 Å². The van der Waals surface area contributed by atoms with Crippen molar-refractivity contribution < 1.29 is 29.3 Å². The van der Waals surface area contributed by atoms with Crippen LogP contribution in [0.15, 0.2) is 52.7 Å². The second-order valence-electron chi connectivity index (χ2n) is 13.1. The molecule has 6 rings (SSSR count). The molecule has 0 radical (unpaired) electrons. The van der Waals surface area contributed by atoms with E-state index in [0.717, 1.165) is 16.7 Å². The molecule has 2 unspecified atom stereocenters. The predicted octanol–water partition coefficient (Wildman–Crippen LogP) is 6.70. The van der Waals surface area contributed by atoms with Gasteiger partial charge in [0.05, 0.1) is 11.0 Å². The van der Waals surface area contributed by atoms with Crippen molar-refractivity contribution in [2.75, 3.05) is 0 Å². The monoisotopic (exact) mass is 532 g/mol. The zero-order valence-electron chi connectivity index (χ0n) is 24.3.